The summed E-state index contributed by atoms with van der Waals surface area (Å²) in [4.78, 5) is 4.25. The van der Waals surface area contributed by atoms with Crippen LogP contribution in [0.4, 0.5) is 9.52 Å². The van der Waals surface area contributed by atoms with Gasteiger partial charge in [0, 0.05) is 17.2 Å². The normalized spacial score (nSPS) is 14.7. The lowest BCUT2D eigenvalue weighted by Crippen LogP contribution is -1.97. The number of nitrogens with two attached hydrogens (primary N) is 1. The SMILES string of the molecule is CC(C)c1cc(F)cc2n[nH]nc12.CC(C)c1ccc2c(c1)CC/C2=N/O.CC(C)c1ccc2sc(N)nc2c1.CC(C)c1cccc2c1CC/C2=N\O. The Morgan fingerprint density at radius 1 is 0.685 bits per heavy atom. The van der Waals surface area contributed by atoms with Gasteiger partial charge in [-0.3, -0.25) is 0 Å². The zero-order chi connectivity index (χ0) is 39.1. The monoisotopic (exact) mass is 749 g/mol. The molecular weight excluding hydrogens is 698 g/mol. The van der Waals surface area contributed by atoms with Crippen molar-refractivity contribution in [3.63, 3.8) is 0 Å². The minimum atomic E-state index is -0.259. The fourth-order valence-electron chi connectivity index (χ4n) is 6.83. The number of aromatic nitrogens is 4. The van der Waals surface area contributed by atoms with Crippen LogP contribution in [0.15, 0.2) is 77.0 Å². The number of hydrogen-bond donors (Lipinski definition) is 4. The summed E-state index contributed by atoms with van der Waals surface area (Å²) in [5.74, 6) is 1.65. The third-order valence-corrected chi connectivity index (χ3v) is 10.7. The third kappa shape index (κ3) is 9.31. The van der Waals surface area contributed by atoms with E-state index in [4.69, 9.17) is 16.1 Å². The van der Waals surface area contributed by atoms with Gasteiger partial charge in [-0.2, -0.15) is 15.4 Å². The largest absolute Gasteiger partial charge is 0.411 e. The number of halogens is 1. The van der Waals surface area contributed by atoms with Crippen LogP contribution in [0.2, 0.25) is 0 Å². The molecule has 5 N–H and O–H groups in total. The Kier molecular flexibility index (Phi) is 13.2. The number of oxime groups is 2. The van der Waals surface area contributed by atoms with Crippen molar-refractivity contribution in [2.45, 2.75) is 105 Å². The molecule has 2 aliphatic rings. The lowest BCUT2D eigenvalue weighted by molar-refractivity contribution is 0.318. The van der Waals surface area contributed by atoms with Gasteiger partial charge in [0.25, 0.3) is 0 Å². The number of benzene rings is 4. The molecule has 54 heavy (non-hydrogen) atoms. The average molecular weight is 750 g/mol. The Morgan fingerprint density at radius 2 is 1.33 bits per heavy atom. The van der Waals surface area contributed by atoms with E-state index < -0.39 is 0 Å². The summed E-state index contributed by atoms with van der Waals surface area (Å²) in [5, 5.41) is 35.2. The van der Waals surface area contributed by atoms with Gasteiger partial charge in [0.05, 0.1) is 21.6 Å². The molecule has 0 aliphatic heterocycles. The van der Waals surface area contributed by atoms with Crippen molar-refractivity contribution in [2.24, 2.45) is 10.3 Å². The number of aryl methyl sites for hydroxylation is 1. The maximum atomic E-state index is 13.1. The molecule has 0 saturated carbocycles. The molecule has 11 heteroatoms. The summed E-state index contributed by atoms with van der Waals surface area (Å²) in [7, 11) is 0. The highest BCUT2D eigenvalue weighted by molar-refractivity contribution is 7.22. The van der Waals surface area contributed by atoms with Gasteiger partial charge in [-0.1, -0.05) is 120 Å². The molecule has 0 spiro atoms. The second-order valence-corrected chi connectivity index (χ2v) is 16.0. The van der Waals surface area contributed by atoms with E-state index >= 15 is 0 Å². The lowest BCUT2D eigenvalue weighted by Gasteiger charge is -2.10. The molecule has 0 unspecified atom stereocenters. The van der Waals surface area contributed by atoms with Crippen LogP contribution in [0.3, 0.4) is 0 Å². The highest BCUT2D eigenvalue weighted by Gasteiger charge is 2.22. The number of nitrogens with zero attached hydrogens (tertiary/aromatic N) is 5. The van der Waals surface area contributed by atoms with E-state index in [0.29, 0.717) is 28.4 Å². The van der Waals surface area contributed by atoms with Gasteiger partial charge in [-0.15, -0.1) is 0 Å². The molecule has 2 aromatic heterocycles. The quantitative estimate of drug-likeness (QED) is 0.104. The Hall–Kier alpha value is -5.16. The summed E-state index contributed by atoms with van der Waals surface area (Å²) in [6.45, 7) is 17.1. The predicted molar refractivity (Wildman–Crippen MR) is 220 cm³/mol. The van der Waals surface area contributed by atoms with Gasteiger partial charge < -0.3 is 16.1 Å². The first-order valence-corrected chi connectivity index (χ1v) is 19.5. The fourth-order valence-corrected chi connectivity index (χ4v) is 7.55. The first kappa shape index (κ1) is 40.0. The van der Waals surface area contributed by atoms with Crippen molar-refractivity contribution in [2.75, 3.05) is 5.73 Å². The second-order valence-electron chi connectivity index (χ2n) is 15.0. The molecule has 2 aliphatic carbocycles. The van der Waals surface area contributed by atoms with Gasteiger partial charge in [-0.25, -0.2) is 9.37 Å². The van der Waals surface area contributed by atoms with Crippen LogP contribution in [-0.2, 0) is 12.8 Å². The summed E-state index contributed by atoms with van der Waals surface area (Å²) in [6.07, 6.45) is 3.77. The number of fused-ring (bicyclic) bond motifs is 4. The highest BCUT2D eigenvalue weighted by atomic mass is 32.1. The molecule has 0 atom stereocenters. The maximum Gasteiger partial charge on any atom is 0.181 e. The van der Waals surface area contributed by atoms with E-state index in [9.17, 15) is 4.39 Å². The van der Waals surface area contributed by atoms with Crippen LogP contribution in [0.25, 0.3) is 21.3 Å². The smallest absolute Gasteiger partial charge is 0.181 e. The minimum absolute atomic E-state index is 0.253. The van der Waals surface area contributed by atoms with Gasteiger partial charge in [0.15, 0.2) is 5.13 Å². The van der Waals surface area contributed by atoms with Gasteiger partial charge >= 0.3 is 0 Å². The molecule has 0 fully saturated rings. The number of nitrogen functional groups attached to an aromatic ring is 1. The molecule has 0 bridgehead atoms. The minimum Gasteiger partial charge on any atom is -0.411 e. The number of nitrogens with one attached hydrogen (secondary N) is 1. The van der Waals surface area contributed by atoms with Crippen molar-refractivity contribution >= 4 is 49.1 Å². The molecule has 4 aromatic carbocycles. The molecule has 0 radical (unpaired) electrons. The first-order chi connectivity index (χ1) is 25.8. The van der Waals surface area contributed by atoms with Crippen LogP contribution in [0.5, 0.6) is 0 Å². The molecule has 6 aromatic rings. The lowest BCUT2D eigenvalue weighted by atomic mass is 9.95. The van der Waals surface area contributed by atoms with Crippen LogP contribution >= 0.6 is 11.3 Å². The number of thiazole rings is 1. The maximum absolute atomic E-state index is 13.1. The highest BCUT2D eigenvalue weighted by Crippen LogP contribution is 2.31. The van der Waals surface area contributed by atoms with E-state index in [1.807, 2.05) is 26.0 Å². The van der Waals surface area contributed by atoms with Crippen molar-refractivity contribution in [3.05, 3.63) is 117 Å². The van der Waals surface area contributed by atoms with Crippen molar-refractivity contribution in [1.82, 2.24) is 20.4 Å². The summed E-state index contributed by atoms with van der Waals surface area (Å²) in [6, 6.07) is 21.9. The van der Waals surface area contributed by atoms with Gasteiger partial charge in [0.2, 0.25) is 0 Å². The third-order valence-electron chi connectivity index (χ3n) is 9.87. The van der Waals surface area contributed by atoms with Crippen molar-refractivity contribution < 1.29 is 14.8 Å². The Bertz CT molecular complexity index is 2270. The number of aromatic amines is 1. The zero-order valence-electron chi connectivity index (χ0n) is 32.5. The summed E-state index contributed by atoms with van der Waals surface area (Å²) in [5.41, 5.74) is 19.6. The summed E-state index contributed by atoms with van der Waals surface area (Å²) < 4.78 is 14.2. The zero-order valence-corrected chi connectivity index (χ0v) is 33.3. The van der Waals surface area contributed by atoms with E-state index in [0.717, 1.165) is 64.8 Å². The molecule has 284 valence electrons. The standard InChI is InChI=1S/2C12H15NO.C10H12N2S.C9H10FN3/c1-8(2)9-3-5-11-10(7-9)4-6-12(11)13-14;1-8(2)9-4-3-5-11-10(9)6-7-12(11)13-14;1-6(2)7-3-4-9-8(5-7)12-10(11)13-9;1-5(2)7-3-6(10)4-8-9(7)12-13-11-8/h3,5,7-8,14H,4,6H2,1-2H3;3-5,8,14H,6-7H2,1-2H3;3-6H,1-2H3,(H2,11,12);3-5H,1-2H3,(H,11,12,13)/b13-12-;13-12+;;. The summed E-state index contributed by atoms with van der Waals surface area (Å²) >= 11 is 1.54. The Balaban J connectivity index is 0.000000139. The molecule has 0 amide bonds. The Morgan fingerprint density at radius 3 is 2.00 bits per heavy atom. The number of hydrogen-bond acceptors (Lipinski definition) is 9. The number of rotatable bonds is 4. The molecule has 2 heterocycles. The van der Waals surface area contributed by atoms with Crippen LogP contribution < -0.4 is 5.73 Å². The second kappa shape index (κ2) is 17.8. The van der Waals surface area contributed by atoms with Gasteiger partial charge in [0.1, 0.15) is 16.9 Å². The fraction of sp³-hybridized carbons (Fsp3) is 0.372. The van der Waals surface area contributed by atoms with E-state index in [1.165, 1.54) is 56.0 Å². The van der Waals surface area contributed by atoms with E-state index in [2.05, 4.69) is 115 Å². The molecule has 0 saturated heterocycles. The average Bonchev–Trinajstić information content (AvgIpc) is 3.95. The van der Waals surface area contributed by atoms with Crippen LogP contribution in [0.1, 0.15) is 136 Å². The molecule has 8 rings (SSSR count). The number of H-pyrrole nitrogens is 1. The number of anilines is 1. The van der Waals surface area contributed by atoms with E-state index in [1.54, 1.807) is 0 Å². The van der Waals surface area contributed by atoms with Crippen molar-refractivity contribution in [3.8, 4) is 0 Å². The van der Waals surface area contributed by atoms with Gasteiger partial charge in [-0.05, 0) is 101 Å². The molecule has 9 nitrogen and oxygen atoms in total. The topological polar surface area (TPSA) is 146 Å². The van der Waals surface area contributed by atoms with Crippen LogP contribution in [0, 0.1) is 5.82 Å². The molecular formula is C43H52FN7O2S. The van der Waals surface area contributed by atoms with Crippen molar-refractivity contribution in [1.29, 1.82) is 0 Å². The van der Waals surface area contributed by atoms with Crippen LogP contribution in [-0.4, -0.2) is 42.2 Å². The first-order valence-electron chi connectivity index (χ1n) is 18.6. The van der Waals surface area contributed by atoms with E-state index in [-0.39, 0.29) is 11.7 Å². The predicted octanol–water partition coefficient (Wildman–Crippen LogP) is 11.1. The Labute approximate surface area is 321 Å².